The van der Waals surface area contributed by atoms with Crippen molar-refractivity contribution in [3.63, 3.8) is 0 Å². The molecule has 15 nitrogen and oxygen atoms in total. The molecule has 2 rings (SSSR count). The molecule has 226 valence electrons. The number of nitrogens with one attached hydrogen (secondary N) is 3. The molecule has 0 aromatic heterocycles. The van der Waals surface area contributed by atoms with Crippen LogP contribution in [0.1, 0.15) is 33.3 Å². The molecule has 0 saturated carbocycles. The van der Waals surface area contributed by atoms with E-state index < -0.39 is 79.0 Å². The van der Waals surface area contributed by atoms with E-state index >= 15 is 0 Å². The van der Waals surface area contributed by atoms with Gasteiger partial charge in [0.25, 0.3) is 0 Å². The molecule has 1 fully saturated rings. The fourth-order valence-electron chi connectivity index (χ4n) is 3.83. The second kappa shape index (κ2) is 16.1. The number of methoxy groups -OCH3 is 1. The normalized spacial score (nSPS) is 22.3. The number of esters is 4. The van der Waals surface area contributed by atoms with Crippen molar-refractivity contribution in [2.75, 3.05) is 20.3 Å². The zero-order chi connectivity index (χ0) is 30.5. The third-order valence-electron chi connectivity index (χ3n) is 5.60. The van der Waals surface area contributed by atoms with Gasteiger partial charge in [-0.1, -0.05) is 30.3 Å². The number of urea groups is 1. The summed E-state index contributed by atoms with van der Waals surface area (Å²) in [5.41, 5.74) is 0.777. The molecular weight excluding hydrogens is 546 g/mol. The Bertz CT molecular complexity index is 1080. The number of benzene rings is 1. The lowest BCUT2D eigenvalue weighted by atomic mass is 9.96. The van der Waals surface area contributed by atoms with E-state index in [9.17, 15) is 28.8 Å². The third kappa shape index (κ3) is 11.0. The maximum absolute atomic E-state index is 12.7. The Morgan fingerprint density at radius 2 is 1.54 bits per heavy atom. The van der Waals surface area contributed by atoms with Gasteiger partial charge in [0.05, 0.1) is 6.54 Å². The van der Waals surface area contributed by atoms with Crippen LogP contribution in [-0.4, -0.2) is 92.8 Å². The lowest BCUT2D eigenvalue weighted by Gasteiger charge is -2.44. The Hall–Kier alpha value is -4.24. The quantitative estimate of drug-likeness (QED) is 0.216. The SMILES string of the molecule is CO[C@@H]1O[C@H](COC(C)=O)[C@@H](OC(C)=O)[C@H](OC(C)=O)[C@H]1NC(=O)NCC(=O)N[C@@H](C)C(=O)OCc1ccccc1. The van der Waals surface area contributed by atoms with E-state index in [-0.39, 0.29) is 13.2 Å². The summed E-state index contributed by atoms with van der Waals surface area (Å²) in [5, 5.41) is 7.21. The van der Waals surface area contributed by atoms with Gasteiger partial charge in [0.1, 0.15) is 31.4 Å². The first kappa shape index (κ1) is 33.0. The molecule has 0 unspecified atom stereocenters. The van der Waals surface area contributed by atoms with E-state index in [4.69, 9.17) is 28.4 Å². The minimum absolute atomic E-state index is 0.0320. The highest BCUT2D eigenvalue weighted by Gasteiger charge is 2.51. The average molecular weight is 582 g/mol. The lowest BCUT2D eigenvalue weighted by molar-refractivity contribution is -0.270. The van der Waals surface area contributed by atoms with Crippen LogP contribution in [0.2, 0.25) is 0 Å². The monoisotopic (exact) mass is 581 g/mol. The molecule has 1 aromatic rings. The van der Waals surface area contributed by atoms with Crippen molar-refractivity contribution in [2.24, 2.45) is 0 Å². The molecule has 41 heavy (non-hydrogen) atoms. The van der Waals surface area contributed by atoms with Crippen molar-refractivity contribution >= 4 is 35.8 Å². The number of hydrogen-bond acceptors (Lipinski definition) is 12. The van der Waals surface area contributed by atoms with Crippen molar-refractivity contribution in [3.8, 4) is 0 Å². The zero-order valence-electron chi connectivity index (χ0n) is 23.4. The summed E-state index contributed by atoms with van der Waals surface area (Å²) in [4.78, 5) is 72.2. The Labute approximate surface area is 236 Å². The Kier molecular flexibility index (Phi) is 13.0. The summed E-state index contributed by atoms with van der Waals surface area (Å²) in [6.45, 7) is 3.95. The first-order chi connectivity index (χ1) is 19.4. The van der Waals surface area contributed by atoms with Crippen LogP contribution in [0, 0.1) is 0 Å². The van der Waals surface area contributed by atoms with E-state index in [0.717, 1.165) is 19.4 Å². The van der Waals surface area contributed by atoms with Gasteiger partial charge < -0.3 is 44.4 Å². The summed E-state index contributed by atoms with van der Waals surface area (Å²) in [7, 11) is 1.25. The highest BCUT2D eigenvalue weighted by Crippen LogP contribution is 2.27. The molecule has 0 bridgehead atoms. The first-order valence-electron chi connectivity index (χ1n) is 12.6. The van der Waals surface area contributed by atoms with Crippen molar-refractivity contribution < 1.29 is 57.2 Å². The Morgan fingerprint density at radius 1 is 0.902 bits per heavy atom. The number of ether oxygens (including phenoxy) is 6. The molecule has 1 aliphatic heterocycles. The second-order valence-corrected chi connectivity index (χ2v) is 8.96. The van der Waals surface area contributed by atoms with Crippen molar-refractivity contribution in [1.82, 2.24) is 16.0 Å². The van der Waals surface area contributed by atoms with Crippen LogP contribution in [0.3, 0.4) is 0 Å². The lowest BCUT2D eigenvalue weighted by Crippen LogP contribution is -2.67. The fourth-order valence-corrected chi connectivity index (χ4v) is 3.83. The molecule has 1 heterocycles. The standard InChI is InChI=1S/C26H35N3O12/c1-14(24(34)38-12-18-9-7-6-8-10-18)28-20(33)11-27-26(35)29-21-23(40-17(4)32)22(39-16(3)31)19(13-37-15(2)30)41-25(21)36-5/h6-10,14,19,21-23,25H,11-13H2,1-5H3,(H,28,33)(H2,27,29,35)/t14-,19+,21+,22+,23+,25+/m0/s1. The first-order valence-corrected chi connectivity index (χ1v) is 12.6. The zero-order valence-corrected chi connectivity index (χ0v) is 23.4. The van der Waals surface area contributed by atoms with Crippen molar-refractivity contribution in [3.05, 3.63) is 35.9 Å². The van der Waals surface area contributed by atoms with Crippen LogP contribution in [0.25, 0.3) is 0 Å². The molecule has 0 spiro atoms. The van der Waals surface area contributed by atoms with Crippen LogP contribution in [0.15, 0.2) is 30.3 Å². The van der Waals surface area contributed by atoms with Crippen LogP contribution < -0.4 is 16.0 Å². The topological polar surface area (TPSA) is 194 Å². The van der Waals surface area contributed by atoms with Gasteiger partial charge in [0, 0.05) is 27.9 Å². The molecule has 1 saturated heterocycles. The van der Waals surface area contributed by atoms with Crippen molar-refractivity contribution in [1.29, 1.82) is 0 Å². The summed E-state index contributed by atoms with van der Waals surface area (Å²) in [5.74, 6) is -3.52. The largest absolute Gasteiger partial charge is 0.463 e. The van der Waals surface area contributed by atoms with Gasteiger partial charge in [-0.25, -0.2) is 9.59 Å². The van der Waals surface area contributed by atoms with E-state index in [1.165, 1.54) is 21.0 Å². The summed E-state index contributed by atoms with van der Waals surface area (Å²) in [6, 6.07) is 5.87. The number of carbonyl (C=O) groups is 6. The molecule has 0 aliphatic carbocycles. The van der Waals surface area contributed by atoms with E-state index in [1.54, 1.807) is 24.3 Å². The number of hydrogen-bond donors (Lipinski definition) is 3. The predicted octanol–water partition coefficient (Wildman–Crippen LogP) is -0.300. The number of carbonyl (C=O) groups excluding carboxylic acids is 6. The summed E-state index contributed by atoms with van der Waals surface area (Å²) >= 11 is 0. The van der Waals surface area contributed by atoms with E-state index in [1.807, 2.05) is 6.07 Å². The second-order valence-electron chi connectivity index (χ2n) is 8.96. The molecule has 1 aromatic carbocycles. The fraction of sp³-hybridized carbons (Fsp3) is 0.538. The molecule has 3 amide bonds. The minimum atomic E-state index is -1.32. The number of rotatable bonds is 12. The smallest absolute Gasteiger partial charge is 0.328 e. The molecule has 1 aliphatic rings. The predicted molar refractivity (Wildman–Crippen MR) is 138 cm³/mol. The highest BCUT2D eigenvalue weighted by molar-refractivity contribution is 5.87. The van der Waals surface area contributed by atoms with Gasteiger partial charge >= 0.3 is 29.9 Å². The third-order valence-corrected chi connectivity index (χ3v) is 5.60. The Morgan fingerprint density at radius 3 is 2.12 bits per heavy atom. The number of amides is 3. The summed E-state index contributed by atoms with van der Waals surface area (Å²) in [6.07, 6.45) is -4.97. The molecular formula is C26H35N3O12. The highest BCUT2D eigenvalue weighted by atomic mass is 16.7. The maximum Gasteiger partial charge on any atom is 0.328 e. The molecule has 0 radical (unpaired) electrons. The van der Waals surface area contributed by atoms with Gasteiger partial charge in [-0.2, -0.15) is 0 Å². The molecule has 6 atom stereocenters. The van der Waals surface area contributed by atoms with Gasteiger partial charge in [0.15, 0.2) is 18.5 Å². The Balaban J connectivity index is 2.00. The van der Waals surface area contributed by atoms with Crippen molar-refractivity contribution in [2.45, 2.75) is 71.0 Å². The van der Waals surface area contributed by atoms with Crippen LogP contribution in [0.5, 0.6) is 0 Å². The van der Waals surface area contributed by atoms with Gasteiger partial charge in [-0.15, -0.1) is 0 Å². The molecule has 3 N–H and O–H groups in total. The minimum Gasteiger partial charge on any atom is -0.463 e. The van der Waals surface area contributed by atoms with Crippen LogP contribution >= 0.6 is 0 Å². The van der Waals surface area contributed by atoms with E-state index in [0.29, 0.717) is 0 Å². The van der Waals surface area contributed by atoms with Gasteiger partial charge in [-0.3, -0.25) is 19.2 Å². The summed E-state index contributed by atoms with van der Waals surface area (Å²) < 4.78 is 31.9. The van der Waals surface area contributed by atoms with E-state index in [2.05, 4.69) is 16.0 Å². The molecule has 15 heteroatoms. The van der Waals surface area contributed by atoms with Gasteiger partial charge in [0.2, 0.25) is 5.91 Å². The van der Waals surface area contributed by atoms with Crippen LogP contribution in [-0.2, 0) is 59.0 Å². The van der Waals surface area contributed by atoms with Gasteiger partial charge in [-0.05, 0) is 12.5 Å². The van der Waals surface area contributed by atoms with Crippen LogP contribution in [0.4, 0.5) is 4.79 Å². The average Bonchev–Trinajstić information content (AvgIpc) is 2.91. The maximum atomic E-state index is 12.7.